The van der Waals surface area contributed by atoms with E-state index in [4.69, 9.17) is 21.2 Å². The first-order chi connectivity index (χ1) is 10.4. The zero-order valence-electron chi connectivity index (χ0n) is 11.2. The van der Waals surface area contributed by atoms with Crippen LogP contribution in [0.25, 0.3) is 22.6 Å². The van der Waals surface area contributed by atoms with Crippen LogP contribution in [0.3, 0.4) is 0 Å². The van der Waals surface area contributed by atoms with Gasteiger partial charge >= 0.3 is 0 Å². The van der Waals surface area contributed by atoms with Crippen molar-refractivity contribution in [3.63, 3.8) is 0 Å². The van der Waals surface area contributed by atoms with Crippen LogP contribution < -0.4 is 5.14 Å². The largest absolute Gasteiger partial charge is 0.427 e. The van der Waals surface area contributed by atoms with Gasteiger partial charge in [-0.15, -0.1) is 0 Å². The third-order valence-corrected chi connectivity index (χ3v) is 4.15. The maximum Gasteiger partial charge on any atom is 0.293 e. The van der Waals surface area contributed by atoms with Crippen LogP contribution in [0.15, 0.2) is 63.9 Å². The Bertz CT molecular complexity index is 921. The second kappa shape index (κ2) is 5.57. The second-order valence-electron chi connectivity index (χ2n) is 4.58. The number of aromatic nitrogens is 1. The van der Waals surface area contributed by atoms with Gasteiger partial charge in [0.05, 0.1) is 4.90 Å². The van der Waals surface area contributed by atoms with E-state index in [1.165, 1.54) is 12.1 Å². The van der Waals surface area contributed by atoms with E-state index in [1.807, 2.05) is 30.3 Å². The Hall–Kier alpha value is -2.15. The van der Waals surface area contributed by atoms with Gasteiger partial charge in [0.15, 0.2) is 5.76 Å². The molecule has 0 radical (unpaired) electrons. The van der Waals surface area contributed by atoms with Crippen molar-refractivity contribution >= 4 is 21.6 Å². The molecule has 0 saturated carbocycles. The van der Waals surface area contributed by atoms with Gasteiger partial charge in [-0.05, 0) is 23.7 Å². The molecule has 0 saturated heterocycles. The lowest BCUT2D eigenvalue weighted by Gasteiger charge is -2.03. The highest BCUT2D eigenvalue weighted by Crippen LogP contribution is 2.34. The highest BCUT2D eigenvalue weighted by Gasteiger charge is 2.17. The minimum absolute atomic E-state index is 0.00321. The molecule has 0 fully saturated rings. The minimum Gasteiger partial charge on any atom is -0.427 e. The van der Waals surface area contributed by atoms with Crippen LogP contribution in [0.1, 0.15) is 0 Å². The number of nitrogens with zero attached hydrogens (tertiary/aromatic N) is 1. The van der Waals surface area contributed by atoms with E-state index in [-0.39, 0.29) is 10.2 Å². The van der Waals surface area contributed by atoms with Crippen molar-refractivity contribution in [3.8, 4) is 22.6 Å². The SMILES string of the molecule is NS(=O)(=O)c1cccc(-c2oc(Cl)nc2-c2ccccc2)c1. The molecule has 112 valence electrons. The van der Waals surface area contributed by atoms with Gasteiger partial charge in [-0.25, -0.2) is 13.6 Å². The van der Waals surface area contributed by atoms with Gasteiger partial charge in [0, 0.05) is 11.1 Å². The molecule has 3 aromatic rings. The van der Waals surface area contributed by atoms with Crippen molar-refractivity contribution in [1.29, 1.82) is 0 Å². The first-order valence-electron chi connectivity index (χ1n) is 6.30. The van der Waals surface area contributed by atoms with E-state index in [0.29, 0.717) is 17.0 Å². The molecule has 7 heteroatoms. The average molecular weight is 335 g/mol. The Morgan fingerprint density at radius 3 is 2.36 bits per heavy atom. The number of benzene rings is 2. The maximum atomic E-state index is 11.5. The number of oxazole rings is 1. The van der Waals surface area contributed by atoms with Crippen molar-refractivity contribution in [1.82, 2.24) is 4.98 Å². The van der Waals surface area contributed by atoms with E-state index in [1.54, 1.807) is 12.1 Å². The second-order valence-corrected chi connectivity index (χ2v) is 6.47. The van der Waals surface area contributed by atoms with E-state index >= 15 is 0 Å². The fraction of sp³-hybridized carbons (Fsp3) is 0. The molecule has 3 rings (SSSR count). The lowest BCUT2D eigenvalue weighted by atomic mass is 10.1. The molecule has 2 aromatic carbocycles. The highest BCUT2D eigenvalue weighted by molar-refractivity contribution is 7.89. The summed E-state index contributed by atoms with van der Waals surface area (Å²) < 4.78 is 28.4. The molecular weight excluding hydrogens is 324 g/mol. The van der Waals surface area contributed by atoms with Crippen LogP contribution in [0.5, 0.6) is 0 Å². The predicted octanol–water partition coefficient (Wildman–Crippen LogP) is 3.31. The van der Waals surface area contributed by atoms with Crippen LogP contribution >= 0.6 is 11.6 Å². The average Bonchev–Trinajstić information content (AvgIpc) is 2.89. The number of primary sulfonamides is 1. The van der Waals surface area contributed by atoms with Gasteiger partial charge < -0.3 is 4.42 Å². The molecule has 2 N–H and O–H groups in total. The molecule has 0 spiro atoms. The summed E-state index contributed by atoms with van der Waals surface area (Å²) >= 11 is 5.87. The molecule has 0 unspecified atom stereocenters. The zero-order chi connectivity index (χ0) is 15.7. The summed E-state index contributed by atoms with van der Waals surface area (Å²) in [4.78, 5) is 4.16. The number of rotatable bonds is 3. The predicted molar refractivity (Wildman–Crippen MR) is 83.8 cm³/mol. The van der Waals surface area contributed by atoms with Gasteiger partial charge in [0.2, 0.25) is 10.0 Å². The summed E-state index contributed by atoms with van der Waals surface area (Å²) in [5, 5.41) is 5.14. The number of sulfonamides is 1. The van der Waals surface area contributed by atoms with Gasteiger partial charge in [0.1, 0.15) is 5.69 Å². The smallest absolute Gasteiger partial charge is 0.293 e. The molecule has 22 heavy (non-hydrogen) atoms. The van der Waals surface area contributed by atoms with Crippen molar-refractivity contribution in [2.24, 2.45) is 5.14 Å². The van der Waals surface area contributed by atoms with Crippen molar-refractivity contribution < 1.29 is 12.8 Å². The normalized spacial score (nSPS) is 11.5. The van der Waals surface area contributed by atoms with E-state index in [0.717, 1.165) is 5.56 Å². The lowest BCUT2D eigenvalue weighted by Crippen LogP contribution is -2.11. The van der Waals surface area contributed by atoms with Crippen molar-refractivity contribution in [2.75, 3.05) is 0 Å². The zero-order valence-corrected chi connectivity index (χ0v) is 12.8. The Morgan fingerprint density at radius 2 is 1.68 bits per heavy atom. The maximum absolute atomic E-state index is 11.5. The summed E-state index contributed by atoms with van der Waals surface area (Å²) in [6.07, 6.45) is 0. The fourth-order valence-electron chi connectivity index (χ4n) is 2.10. The third kappa shape index (κ3) is 2.89. The molecule has 5 nitrogen and oxygen atoms in total. The first-order valence-corrected chi connectivity index (χ1v) is 8.22. The molecule has 0 aliphatic carbocycles. The Kier molecular flexibility index (Phi) is 3.74. The molecule has 0 bridgehead atoms. The van der Waals surface area contributed by atoms with E-state index in [2.05, 4.69) is 4.98 Å². The Labute approximate surface area is 132 Å². The van der Waals surface area contributed by atoms with Crippen LogP contribution in [0, 0.1) is 0 Å². The van der Waals surface area contributed by atoms with Crippen molar-refractivity contribution in [3.05, 3.63) is 59.9 Å². The van der Waals surface area contributed by atoms with Gasteiger partial charge in [0.25, 0.3) is 5.35 Å². The number of nitrogens with two attached hydrogens (primary N) is 1. The lowest BCUT2D eigenvalue weighted by molar-refractivity contribution is 0.574. The molecule has 1 heterocycles. The van der Waals surface area contributed by atoms with Gasteiger partial charge in [-0.1, -0.05) is 42.5 Å². The standard InChI is InChI=1S/C15H11ClN2O3S/c16-15-18-13(10-5-2-1-3-6-10)14(21-15)11-7-4-8-12(9-11)22(17,19)20/h1-9H,(H2,17,19,20). The van der Waals surface area contributed by atoms with Crippen LogP contribution in [-0.4, -0.2) is 13.4 Å². The topological polar surface area (TPSA) is 86.2 Å². The Morgan fingerprint density at radius 1 is 1.00 bits per heavy atom. The quantitative estimate of drug-likeness (QED) is 0.796. The third-order valence-electron chi connectivity index (χ3n) is 3.07. The van der Waals surface area contributed by atoms with Gasteiger partial charge in [-0.3, -0.25) is 0 Å². The van der Waals surface area contributed by atoms with Crippen molar-refractivity contribution in [2.45, 2.75) is 4.90 Å². The number of hydrogen-bond donors (Lipinski definition) is 1. The summed E-state index contributed by atoms with van der Waals surface area (Å²) in [6, 6.07) is 15.5. The van der Waals surface area contributed by atoms with E-state index in [9.17, 15) is 8.42 Å². The summed E-state index contributed by atoms with van der Waals surface area (Å²) in [5.41, 5.74) is 1.89. The summed E-state index contributed by atoms with van der Waals surface area (Å²) in [7, 11) is -3.80. The van der Waals surface area contributed by atoms with Crippen LogP contribution in [0.4, 0.5) is 0 Å². The number of halogens is 1. The Balaban J connectivity index is 2.18. The molecule has 1 aromatic heterocycles. The summed E-state index contributed by atoms with van der Waals surface area (Å²) in [6.45, 7) is 0. The van der Waals surface area contributed by atoms with E-state index < -0.39 is 10.0 Å². The van der Waals surface area contributed by atoms with Gasteiger partial charge in [-0.2, -0.15) is 4.98 Å². The number of hydrogen-bond acceptors (Lipinski definition) is 4. The highest BCUT2D eigenvalue weighted by atomic mass is 35.5. The molecular formula is C15H11ClN2O3S. The molecule has 0 atom stereocenters. The fourth-order valence-corrected chi connectivity index (χ4v) is 2.82. The molecule has 0 aliphatic rings. The van der Waals surface area contributed by atoms with Crippen LogP contribution in [-0.2, 0) is 10.0 Å². The first kappa shape index (κ1) is 14.8. The minimum atomic E-state index is -3.80. The van der Waals surface area contributed by atoms with Crippen LogP contribution in [0.2, 0.25) is 5.35 Å². The summed E-state index contributed by atoms with van der Waals surface area (Å²) in [5.74, 6) is 0.390. The molecule has 0 amide bonds. The monoisotopic (exact) mass is 334 g/mol. The molecule has 0 aliphatic heterocycles.